The molecule has 0 bridgehead atoms. The molecule has 2 heterocycles. The van der Waals surface area contributed by atoms with Crippen LogP contribution in [0.5, 0.6) is 5.75 Å². The molecule has 0 spiro atoms. The molecule has 0 radical (unpaired) electrons. The zero-order valence-corrected chi connectivity index (χ0v) is 20.7. The van der Waals surface area contributed by atoms with E-state index < -0.39 is 0 Å². The molecule has 1 N–H and O–H groups in total. The Balaban J connectivity index is 1.50. The predicted octanol–water partition coefficient (Wildman–Crippen LogP) is 5.37. The van der Waals surface area contributed by atoms with Gasteiger partial charge in [-0.2, -0.15) is 0 Å². The van der Waals surface area contributed by atoms with Gasteiger partial charge in [-0.15, -0.1) is 11.3 Å². The van der Waals surface area contributed by atoms with E-state index in [0.29, 0.717) is 16.6 Å². The Bertz CT molecular complexity index is 1430. The summed E-state index contributed by atoms with van der Waals surface area (Å²) in [5.74, 6) is 0.537. The maximum absolute atomic E-state index is 13.7. The van der Waals surface area contributed by atoms with Gasteiger partial charge in [-0.1, -0.05) is 36.0 Å². The van der Waals surface area contributed by atoms with E-state index in [1.807, 2.05) is 55.5 Å². The Morgan fingerprint density at radius 3 is 2.76 bits per heavy atom. The number of methoxy groups -OCH3 is 1. The first kappa shape index (κ1) is 22.7. The van der Waals surface area contributed by atoms with Gasteiger partial charge in [0.25, 0.3) is 5.56 Å². The second-order valence-electron chi connectivity index (χ2n) is 8.30. The number of aryl methyl sites for hydroxylation is 3. The van der Waals surface area contributed by atoms with Crippen molar-refractivity contribution >= 4 is 44.9 Å². The van der Waals surface area contributed by atoms with Gasteiger partial charge >= 0.3 is 0 Å². The summed E-state index contributed by atoms with van der Waals surface area (Å²) in [4.78, 5) is 33.5. The number of para-hydroxylation sites is 1. The van der Waals surface area contributed by atoms with Crippen LogP contribution in [0.4, 0.5) is 5.69 Å². The lowest BCUT2D eigenvalue weighted by atomic mass is 9.97. The highest BCUT2D eigenvalue weighted by Crippen LogP contribution is 2.35. The summed E-state index contributed by atoms with van der Waals surface area (Å²) in [5, 5.41) is 4.19. The van der Waals surface area contributed by atoms with Gasteiger partial charge in [-0.05, 0) is 68.0 Å². The minimum Gasteiger partial charge on any atom is -0.495 e. The number of aromatic nitrogens is 2. The van der Waals surface area contributed by atoms with E-state index in [4.69, 9.17) is 9.72 Å². The predicted molar refractivity (Wildman–Crippen MR) is 139 cm³/mol. The number of amides is 1. The zero-order valence-electron chi connectivity index (χ0n) is 19.1. The topological polar surface area (TPSA) is 73.2 Å². The number of fused-ring (bicyclic) bond motifs is 3. The Morgan fingerprint density at radius 1 is 1.18 bits per heavy atom. The van der Waals surface area contributed by atoms with Gasteiger partial charge in [0.2, 0.25) is 5.91 Å². The highest BCUT2D eigenvalue weighted by Gasteiger charge is 2.23. The van der Waals surface area contributed by atoms with Crippen LogP contribution in [-0.4, -0.2) is 28.3 Å². The van der Waals surface area contributed by atoms with Crippen molar-refractivity contribution in [2.75, 3.05) is 18.2 Å². The van der Waals surface area contributed by atoms with Crippen molar-refractivity contribution in [3.63, 3.8) is 0 Å². The molecule has 34 heavy (non-hydrogen) atoms. The molecule has 0 atom stereocenters. The molecular weight excluding hydrogens is 466 g/mol. The first-order valence-corrected chi connectivity index (χ1v) is 13.1. The quantitative estimate of drug-likeness (QED) is 0.290. The van der Waals surface area contributed by atoms with E-state index in [9.17, 15) is 9.59 Å². The third-order valence-electron chi connectivity index (χ3n) is 5.93. The van der Waals surface area contributed by atoms with Crippen molar-refractivity contribution in [2.24, 2.45) is 0 Å². The number of thiophene rings is 1. The molecule has 0 saturated heterocycles. The van der Waals surface area contributed by atoms with Crippen LogP contribution in [0.25, 0.3) is 15.9 Å². The van der Waals surface area contributed by atoms with Crippen LogP contribution in [0.3, 0.4) is 0 Å². The second-order valence-corrected chi connectivity index (χ2v) is 10.3. The molecule has 1 amide bonds. The minimum atomic E-state index is -0.187. The number of nitrogens with one attached hydrogen (secondary N) is 1. The molecule has 2 aromatic carbocycles. The van der Waals surface area contributed by atoms with Crippen molar-refractivity contribution in [3.8, 4) is 11.4 Å². The van der Waals surface area contributed by atoms with Crippen LogP contribution in [0.15, 0.2) is 58.5 Å². The normalized spacial score (nSPS) is 13.0. The minimum absolute atomic E-state index is 0.0566. The second kappa shape index (κ2) is 9.64. The molecule has 0 fully saturated rings. The van der Waals surface area contributed by atoms with Crippen molar-refractivity contribution in [1.29, 1.82) is 0 Å². The number of thioether (sulfide) groups is 1. The molecule has 6 nitrogen and oxygen atoms in total. The molecule has 174 valence electrons. The Kier molecular flexibility index (Phi) is 6.43. The fraction of sp³-hybridized carbons (Fsp3) is 0.269. The van der Waals surface area contributed by atoms with Crippen LogP contribution >= 0.6 is 23.1 Å². The number of hydrogen-bond donors (Lipinski definition) is 1. The smallest absolute Gasteiger partial charge is 0.267 e. The first-order chi connectivity index (χ1) is 16.5. The number of nitrogens with zero attached hydrogens (tertiary/aromatic N) is 2. The monoisotopic (exact) mass is 491 g/mol. The summed E-state index contributed by atoms with van der Waals surface area (Å²) in [6.07, 6.45) is 4.18. The van der Waals surface area contributed by atoms with Crippen molar-refractivity contribution in [3.05, 3.63) is 74.9 Å². The lowest BCUT2D eigenvalue weighted by molar-refractivity contribution is -0.113. The van der Waals surface area contributed by atoms with E-state index in [1.165, 1.54) is 16.6 Å². The van der Waals surface area contributed by atoms with Gasteiger partial charge in [0.15, 0.2) is 5.16 Å². The van der Waals surface area contributed by atoms with E-state index >= 15 is 0 Å². The maximum atomic E-state index is 13.7. The summed E-state index contributed by atoms with van der Waals surface area (Å²) >= 11 is 2.89. The summed E-state index contributed by atoms with van der Waals surface area (Å²) in [7, 11) is 1.58. The molecule has 1 aliphatic carbocycles. The number of benzene rings is 2. The van der Waals surface area contributed by atoms with Crippen LogP contribution in [0.1, 0.15) is 28.8 Å². The van der Waals surface area contributed by atoms with E-state index in [0.717, 1.165) is 52.7 Å². The van der Waals surface area contributed by atoms with Gasteiger partial charge in [-0.3, -0.25) is 14.2 Å². The lowest BCUT2D eigenvalue weighted by Gasteiger charge is -2.14. The first-order valence-electron chi connectivity index (χ1n) is 11.2. The Morgan fingerprint density at radius 2 is 1.97 bits per heavy atom. The average molecular weight is 492 g/mol. The van der Waals surface area contributed by atoms with Crippen molar-refractivity contribution < 1.29 is 9.53 Å². The number of carbonyl (C=O) groups excluding carboxylic acids is 1. The molecular formula is C26H25N3O3S2. The molecule has 5 rings (SSSR count). The van der Waals surface area contributed by atoms with Crippen LogP contribution in [0.2, 0.25) is 0 Å². The molecule has 0 aliphatic heterocycles. The SMILES string of the molecule is COc1ccc(C)cc1NC(=O)CSc1nc2sc3c(c2c(=O)n1-c1ccccc1)CCCC3. The summed E-state index contributed by atoms with van der Waals surface area (Å²) < 4.78 is 7.01. The van der Waals surface area contributed by atoms with E-state index in [2.05, 4.69) is 5.32 Å². The summed E-state index contributed by atoms with van der Waals surface area (Å²) in [6.45, 7) is 1.96. The maximum Gasteiger partial charge on any atom is 0.267 e. The number of ether oxygens (including phenoxy) is 1. The summed E-state index contributed by atoms with van der Waals surface area (Å²) in [5.41, 5.74) is 3.51. The molecule has 1 aliphatic rings. The van der Waals surface area contributed by atoms with Gasteiger partial charge in [0, 0.05) is 4.88 Å². The fourth-order valence-electron chi connectivity index (χ4n) is 4.32. The fourth-order valence-corrected chi connectivity index (χ4v) is 6.44. The third-order valence-corrected chi connectivity index (χ3v) is 8.06. The standard InChI is InChI=1S/C26H25N3O3S2/c1-16-12-13-20(32-2)19(14-16)27-22(30)15-33-26-28-24-23(18-10-6-7-11-21(18)34-24)25(31)29(26)17-8-4-3-5-9-17/h3-5,8-9,12-14H,6-7,10-11,15H2,1-2H3,(H,27,30). The number of rotatable bonds is 6. The Hall–Kier alpha value is -3.10. The number of carbonyl (C=O) groups is 1. The van der Waals surface area contributed by atoms with Gasteiger partial charge < -0.3 is 10.1 Å². The molecule has 8 heteroatoms. The van der Waals surface area contributed by atoms with Gasteiger partial charge in [-0.25, -0.2) is 4.98 Å². The molecule has 0 unspecified atom stereocenters. The number of hydrogen-bond acceptors (Lipinski definition) is 6. The largest absolute Gasteiger partial charge is 0.495 e. The lowest BCUT2D eigenvalue weighted by Crippen LogP contribution is -2.23. The van der Waals surface area contributed by atoms with Crippen molar-refractivity contribution in [1.82, 2.24) is 9.55 Å². The van der Waals surface area contributed by atoms with Crippen LogP contribution in [0, 0.1) is 6.92 Å². The average Bonchev–Trinajstić information content (AvgIpc) is 3.22. The van der Waals surface area contributed by atoms with Gasteiger partial charge in [0.05, 0.1) is 29.6 Å². The van der Waals surface area contributed by atoms with Crippen LogP contribution < -0.4 is 15.6 Å². The van der Waals surface area contributed by atoms with Crippen molar-refractivity contribution in [2.45, 2.75) is 37.8 Å². The highest BCUT2D eigenvalue weighted by molar-refractivity contribution is 7.99. The summed E-state index contributed by atoms with van der Waals surface area (Å²) in [6, 6.07) is 15.2. The van der Waals surface area contributed by atoms with Gasteiger partial charge in [0.1, 0.15) is 10.6 Å². The molecule has 2 aromatic heterocycles. The number of anilines is 1. The molecule has 4 aromatic rings. The molecule has 0 saturated carbocycles. The zero-order chi connectivity index (χ0) is 23.7. The van der Waals surface area contributed by atoms with E-state index in [-0.39, 0.29) is 17.2 Å². The third kappa shape index (κ3) is 4.35. The van der Waals surface area contributed by atoms with E-state index in [1.54, 1.807) is 23.0 Å². The Labute approximate surface area is 206 Å². The van der Waals surface area contributed by atoms with Crippen LogP contribution in [-0.2, 0) is 17.6 Å². The highest BCUT2D eigenvalue weighted by atomic mass is 32.2.